The molecule has 2 aliphatic rings. The molecular weight excluding hydrogens is 271 g/mol. The van der Waals surface area contributed by atoms with Gasteiger partial charge in [0.25, 0.3) is 5.56 Å². The molecule has 1 N–H and O–H groups in total. The minimum absolute atomic E-state index is 0.264. The molecule has 3 heterocycles. The van der Waals surface area contributed by atoms with E-state index in [4.69, 9.17) is 0 Å². The van der Waals surface area contributed by atoms with E-state index in [1.54, 1.807) is 24.4 Å². The average Bonchev–Trinajstić information content (AvgIpc) is 2.86. The molecule has 2 aromatic rings. The van der Waals surface area contributed by atoms with Crippen LogP contribution in [0.1, 0.15) is 0 Å². The topological polar surface area (TPSA) is 63.6 Å². The second-order valence-corrected chi connectivity index (χ2v) is 4.63. The molecule has 0 radical (unpaired) electrons. The van der Waals surface area contributed by atoms with Crippen molar-refractivity contribution in [3.63, 3.8) is 0 Å². The summed E-state index contributed by atoms with van der Waals surface area (Å²) in [6.07, 6.45) is 1.58. The van der Waals surface area contributed by atoms with Gasteiger partial charge in [-0.25, -0.2) is 4.98 Å². The van der Waals surface area contributed by atoms with Gasteiger partial charge in [-0.05, 0) is 24.3 Å². The van der Waals surface area contributed by atoms with Gasteiger partial charge in [0.15, 0.2) is 0 Å². The molecule has 4 rings (SSSR count). The summed E-state index contributed by atoms with van der Waals surface area (Å²) in [6.45, 7) is 0. The van der Waals surface area contributed by atoms with Gasteiger partial charge in [0, 0.05) is 6.20 Å². The van der Waals surface area contributed by atoms with Crippen LogP contribution >= 0.6 is 0 Å². The molecule has 0 unspecified atom stereocenters. The standard InChI is InChI=1S/C15H9FN4O/c16-12-7-6-11-14(18-12)13-10(8-17-11)15(21)20(19-13)9-4-2-1-3-5-9/h1-8,17H. The second kappa shape index (κ2) is 4.24. The summed E-state index contributed by atoms with van der Waals surface area (Å²) < 4.78 is 14.7. The lowest BCUT2D eigenvalue weighted by Gasteiger charge is -2.01. The van der Waals surface area contributed by atoms with Crippen molar-refractivity contribution in [2.24, 2.45) is 0 Å². The lowest BCUT2D eigenvalue weighted by atomic mass is 10.2. The number of halogens is 1. The van der Waals surface area contributed by atoms with Crippen molar-refractivity contribution in [1.29, 1.82) is 0 Å². The van der Waals surface area contributed by atoms with E-state index < -0.39 is 5.95 Å². The number of H-pyrrole nitrogens is 1. The van der Waals surface area contributed by atoms with Gasteiger partial charge in [0.2, 0.25) is 5.95 Å². The molecule has 2 aliphatic heterocycles. The first-order valence-electron chi connectivity index (χ1n) is 6.36. The number of pyridine rings is 2. The fourth-order valence-corrected chi connectivity index (χ4v) is 2.35. The zero-order valence-electron chi connectivity index (χ0n) is 10.7. The number of para-hydroxylation sites is 1. The summed E-state index contributed by atoms with van der Waals surface area (Å²) in [4.78, 5) is 19.2. The third-order valence-corrected chi connectivity index (χ3v) is 3.34. The molecule has 0 aliphatic carbocycles. The first-order valence-corrected chi connectivity index (χ1v) is 6.36. The average molecular weight is 280 g/mol. The van der Waals surface area contributed by atoms with Crippen molar-refractivity contribution >= 4 is 11.0 Å². The minimum Gasteiger partial charge on any atom is -0.359 e. The molecule has 21 heavy (non-hydrogen) atoms. The summed E-state index contributed by atoms with van der Waals surface area (Å²) in [5.41, 5.74) is 2.13. The highest BCUT2D eigenvalue weighted by Gasteiger charge is 2.20. The van der Waals surface area contributed by atoms with Gasteiger partial charge in [-0.3, -0.25) is 4.79 Å². The molecule has 5 nitrogen and oxygen atoms in total. The molecule has 6 heteroatoms. The Morgan fingerprint density at radius 1 is 1.10 bits per heavy atom. The predicted molar refractivity (Wildman–Crippen MR) is 76.1 cm³/mol. The Labute approximate surface area is 118 Å². The van der Waals surface area contributed by atoms with Gasteiger partial charge < -0.3 is 4.98 Å². The predicted octanol–water partition coefficient (Wildman–Crippen LogP) is 2.35. The maximum atomic E-state index is 13.4. The zero-order chi connectivity index (χ0) is 14.4. The van der Waals surface area contributed by atoms with Crippen LogP contribution in [0.2, 0.25) is 0 Å². The van der Waals surface area contributed by atoms with E-state index in [0.717, 1.165) is 0 Å². The summed E-state index contributed by atoms with van der Waals surface area (Å²) in [7, 11) is 0. The monoisotopic (exact) mass is 280 g/mol. The molecule has 1 aromatic heterocycles. The number of aromatic nitrogens is 4. The second-order valence-electron chi connectivity index (χ2n) is 4.63. The van der Waals surface area contributed by atoms with E-state index in [2.05, 4.69) is 15.1 Å². The Morgan fingerprint density at radius 2 is 1.90 bits per heavy atom. The van der Waals surface area contributed by atoms with E-state index in [1.807, 2.05) is 18.2 Å². The van der Waals surface area contributed by atoms with E-state index in [1.165, 1.54) is 10.7 Å². The molecule has 0 bridgehead atoms. The van der Waals surface area contributed by atoms with Gasteiger partial charge in [-0.1, -0.05) is 18.2 Å². The van der Waals surface area contributed by atoms with Gasteiger partial charge in [0.1, 0.15) is 11.2 Å². The van der Waals surface area contributed by atoms with Crippen LogP contribution in [-0.2, 0) is 0 Å². The Morgan fingerprint density at radius 3 is 2.71 bits per heavy atom. The first-order chi connectivity index (χ1) is 10.2. The molecule has 1 aromatic carbocycles. The van der Waals surface area contributed by atoms with Crippen molar-refractivity contribution in [2.45, 2.75) is 0 Å². The molecule has 0 saturated heterocycles. The third kappa shape index (κ3) is 1.73. The summed E-state index contributed by atoms with van der Waals surface area (Å²) >= 11 is 0. The van der Waals surface area contributed by atoms with Crippen LogP contribution in [0.25, 0.3) is 28.0 Å². The molecule has 0 saturated carbocycles. The molecular formula is C15H9FN4O. The molecule has 0 amide bonds. The van der Waals surface area contributed by atoms with Crippen molar-refractivity contribution in [2.75, 3.05) is 0 Å². The minimum atomic E-state index is -0.606. The number of hydrogen-bond acceptors (Lipinski definition) is 3. The van der Waals surface area contributed by atoms with Crippen LogP contribution in [0.4, 0.5) is 4.39 Å². The van der Waals surface area contributed by atoms with Crippen LogP contribution in [0.15, 0.2) is 53.5 Å². The number of aromatic amines is 1. The first kappa shape index (κ1) is 11.8. The van der Waals surface area contributed by atoms with Crippen molar-refractivity contribution in [3.8, 4) is 16.9 Å². The van der Waals surface area contributed by atoms with Crippen molar-refractivity contribution in [1.82, 2.24) is 19.7 Å². The number of fused-ring (bicyclic) bond motifs is 3. The van der Waals surface area contributed by atoms with Crippen LogP contribution in [0, 0.1) is 5.95 Å². The van der Waals surface area contributed by atoms with E-state index in [9.17, 15) is 9.18 Å². The van der Waals surface area contributed by atoms with Crippen LogP contribution < -0.4 is 5.56 Å². The molecule has 102 valence electrons. The highest BCUT2D eigenvalue weighted by atomic mass is 19.1. The zero-order valence-corrected chi connectivity index (χ0v) is 10.7. The SMILES string of the molecule is O=c1c2c[nH]c3ccc(F)nc3c-2nn1-c1ccccc1. The number of benzene rings is 1. The van der Waals surface area contributed by atoms with Gasteiger partial charge in [-0.2, -0.15) is 14.2 Å². The van der Waals surface area contributed by atoms with E-state index in [0.29, 0.717) is 28.0 Å². The highest BCUT2D eigenvalue weighted by molar-refractivity contribution is 5.89. The lowest BCUT2D eigenvalue weighted by Crippen LogP contribution is -2.14. The Kier molecular flexibility index (Phi) is 2.38. The molecule has 0 fully saturated rings. The molecule has 0 spiro atoms. The van der Waals surface area contributed by atoms with E-state index in [-0.39, 0.29) is 5.56 Å². The van der Waals surface area contributed by atoms with Gasteiger partial charge in [0.05, 0.1) is 16.8 Å². The number of hydrogen-bond donors (Lipinski definition) is 1. The summed E-state index contributed by atoms with van der Waals surface area (Å²) in [5, 5.41) is 4.31. The van der Waals surface area contributed by atoms with Crippen molar-refractivity contribution < 1.29 is 4.39 Å². The van der Waals surface area contributed by atoms with E-state index >= 15 is 0 Å². The Hall–Kier alpha value is -3.02. The lowest BCUT2D eigenvalue weighted by molar-refractivity contribution is 0.589. The fourth-order valence-electron chi connectivity index (χ4n) is 2.35. The fraction of sp³-hybridized carbons (Fsp3) is 0. The van der Waals surface area contributed by atoms with Crippen LogP contribution in [0.3, 0.4) is 0 Å². The maximum absolute atomic E-state index is 13.4. The van der Waals surface area contributed by atoms with Crippen molar-refractivity contribution in [3.05, 3.63) is 65.0 Å². The molecule has 0 atom stereocenters. The van der Waals surface area contributed by atoms with Crippen LogP contribution in [0.5, 0.6) is 0 Å². The van der Waals surface area contributed by atoms with Crippen LogP contribution in [-0.4, -0.2) is 19.7 Å². The Bertz CT molecular complexity index is 974. The third-order valence-electron chi connectivity index (χ3n) is 3.34. The number of nitrogens with one attached hydrogen (secondary N) is 1. The Balaban J connectivity index is 2.10. The normalized spacial score (nSPS) is 11.3. The smallest absolute Gasteiger partial charge is 0.282 e. The van der Waals surface area contributed by atoms with Gasteiger partial charge >= 0.3 is 0 Å². The number of rotatable bonds is 1. The number of nitrogens with zero attached hydrogens (tertiary/aromatic N) is 3. The van der Waals surface area contributed by atoms with Gasteiger partial charge in [-0.15, -0.1) is 0 Å². The quantitative estimate of drug-likeness (QED) is 0.544. The highest BCUT2D eigenvalue weighted by Crippen LogP contribution is 2.24. The maximum Gasteiger partial charge on any atom is 0.282 e. The summed E-state index contributed by atoms with van der Waals surface area (Å²) in [5.74, 6) is -0.606. The largest absolute Gasteiger partial charge is 0.359 e. The summed E-state index contributed by atoms with van der Waals surface area (Å²) in [6, 6.07) is 11.9.